The van der Waals surface area contributed by atoms with Gasteiger partial charge in [0.25, 0.3) is 0 Å². The van der Waals surface area contributed by atoms with Gasteiger partial charge in [0.05, 0.1) is 12.4 Å². The molecule has 3 aromatic carbocycles. The van der Waals surface area contributed by atoms with Gasteiger partial charge in [-0.05, 0) is 48.2 Å². The Kier molecular flexibility index (Phi) is 7.77. The molecule has 1 heterocycles. The molecule has 0 amide bonds. The minimum absolute atomic E-state index is 0.0276. The molecule has 0 aliphatic rings. The first kappa shape index (κ1) is 25.2. The standard InChI is InChI=1S/C28H28BrN3O2S/c1-5-34-22-16-14-21(15-17-22)32-26(19-10-12-20(13-11-19)28(2,3)4)30-31-27(32)35-18-25(33)23-8-6-7-9-24(23)29/h6-17H,5,18H2,1-4H3. The first-order valence-electron chi connectivity index (χ1n) is 11.5. The van der Waals surface area contributed by atoms with Gasteiger partial charge in [-0.2, -0.15) is 0 Å². The maximum absolute atomic E-state index is 12.9. The molecule has 4 aromatic rings. The number of ketones is 1. The number of carbonyl (C=O) groups is 1. The second kappa shape index (κ2) is 10.8. The summed E-state index contributed by atoms with van der Waals surface area (Å²) in [5.74, 6) is 1.81. The predicted octanol–water partition coefficient (Wildman–Crippen LogP) is 7.37. The number of benzene rings is 3. The van der Waals surface area contributed by atoms with Crippen molar-refractivity contribution in [1.82, 2.24) is 14.8 Å². The van der Waals surface area contributed by atoms with Crippen molar-refractivity contribution in [3.8, 4) is 22.8 Å². The van der Waals surface area contributed by atoms with E-state index < -0.39 is 0 Å². The van der Waals surface area contributed by atoms with Crippen LogP contribution in [0.4, 0.5) is 0 Å². The summed E-state index contributed by atoms with van der Waals surface area (Å²) in [5, 5.41) is 9.65. The van der Waals surface area contributed by atoms with Crippen molar-refractivity contribution in [1.29, 1.82) is 0 Å². The maximum atomic E-state index is 12.9. The minimum atomic E-state index is 0.0276. The van der Waals surface area contributed by atoms with Gasteiger partial charge < -0.3 is 4.74 Å². The van der Waals surface area contributed by atoms with Crippen molar-refractivity contribution in [3.05, 3.63) is 88.4 Å². The Morgan fingerprint density at radius 2 is 1.66 bits per heavy atom. The van der Waals surface area contributed by atoms with Gasteiger partial charge in [-0.25, -0.2) is 0 Å². The van der Waals surface area contributed by atoms with E-state index in [2.05, 4.69) is 71.2 Å². The van der Waals surface area contributed by atoms with E-state index in [0.29, 0.717) is 17.3 Å². The van der Waals surface area contributed by atoms with Crippen molar-refractivity contribution in [2.45, 2.75) is 38.3 Å². The fraction of sp³-hybridized carbons (Fsp3) is 0.250. The van der Waals surface area contributed by atoms with E-state index in [4.69, 9.17) is 4.74 Å². The molecule has 5 nitrogen and oxygen atoms in total. The Morgan fingerprint density at radius 1 is 0.971 bits per heavy atom. The first-order valence-corrected chi connectivity index (χ1v) is 13.3. The molecule has 0 N–H and O–H groups in total. The second-order valence-corrected chi connectivity index (χ2v) is 10.9. The molecule has 1 aromatic heterocycles. The van der Waals surface area contributed by atoms with Crippen LogP contribution in [0.5, 0.6) is 5.75 Å². The number of Topliss-reactive ketones (excluding diaryl/α,β-unsaturated/α-hetero) is 1. The predicted molar refractivity (Wildman–Crippen MR) is 146 cm³/mol. The highest BCUT2D eigenvalue weighted by Gasteiger charge is 2.20. The van der Waals surface area contributed by atoms with Crippen LogP contribution < -0.4 is 4.74 Å². The number of halogens is 1. The van der Waals surface area contributed by atoms with Crippen LogP contribution in [0.25, 0.3) is 17.1 Å². The van der Waals surface area contributed by atoms with Crippen LogP contribution in [-0.2, 0) is 5.41 Å². The summed E-state index contributed by atoms with van der Waals surface area (Å²) in [6.07, 6.45) is 0. The molecule has 7 heteroatoms. The number of aromatic nitrogens is 3. The van der Waals surface area contributed by atoms with Crippen LogP contribution in [0.15, 0.2) is 82.4 Å². The summed E-state index contributed by atoms with van der Waals surface area (Å²) in [4.78, 5) is 12.9. The highest BCUT2D eigenvalue weighted by Crippen LogP contribution is 2.31. The molecule has 0 spiro atoms. The molecule has 0 aliphatic heterocycles. The molecule has 0 bridgehead atoms. The fourth-order valence-corrected chi connectivity index (χ4v) is 5.00. The lowest BCUT2D eigenvalue weighted by atomic mass is 9.87. The molecular weight excluding hydrogens is 522 g/mol. The van der Waals surface area contributed by atoms with Gasteiger partial charge in [0, 0.05) is 21.3 Å². The summed E-state index contributed by atoms with van der Waals surface area (Å²) >= 11 is 4.85. The molecular formula is C28H28BrN3O2S. The van der Waals surface area contributed by atoms with Crippen LogP contribution in [0.2, 0.25) is 0 Å². The number of ether oxygens (including phenoxy) is 1. The zero-order chi connectivity index (χ0) is 25.0. The van der Waals surface area contributed by atoms with Crippen molar-refractivity contribution in [2.75, 3.05) is 12.4 Å². The summed E-state index contributed by atoms with van der Waals surface area (Å²) in [6.45, 7) is 9.16. The fourth-order valence-electron chi connectivity index (χ4n) is 3.66. The zero-order valence-corrected chi connectivity index (χ0v) is 22.7. The lowest BCUT2D eigenvalue weighted by molar-refractivity contribution is 0.102. The van der Waals surface area contributed by atoms with Crippen LogP contribution in [0.3, 0.4) is 0 Å². The Bertz CT molecular complexity index is 1310. The highest BCUT2D eigenvalue weighted by atomic mass is 79.9. The molecule has 4 rings (SSSR count). The monoisotopic (exact) mass is 549 g/mol. The highest BCUT2D eigenvalue weighted by molar-refractivity contribution is 9.10. The minimum Gasteiger partial charge on any atom is -0.494 e. The maximum Gasteiger partial charge on any atom is 0.196 e. The van der Waals surface area contributed by atoms with Gasteiger partial charge in [-0.15, -0.1) is 10.2 Å². The largest absolute Gasteiger partial charge is 0.494 e. The van der Waals surface area contributed by atoms with Crippen LogP contribution >= 0.6 is 27.7 Å². The van der Waals surface area contributed by atoms with Crippen molar-refractivity contribution >= 4 is 33.5 Å². The average molecular weight is 551 g/mol. The van der Waals surface area contributed by atoms with E-state index in [1.54, 1.807) is 0 Å². The van der Waals surface area contributed by atoms with Gasteiger partial charge in [-0.1, -0.05) is 90.9 Å². The van der Waals surface area contributed by atoms with Gasteiger partial charge in [-0.3, -0.25) is 9.36 Å². The number of nitrogens with zero attached hydrogens (tertiary/aromatic N) is 3. The Morgan fingerprint density at radius 3 is 2.29 bits per heavy atom. The van der Waals surface area contributed by atoms with Crippen LogP contribution in [0, 0.1) is 0 Å². The van der Waals surface area contributed by atoms with Crippen molar-refractivity contribution in [3.63, 3.8) is 0 Å². The second-order valence-electron chi connectivity index (χ2n) is 9.09. The van der Waals surface area contributed by atoms with E-state index in [-0.39, 0.29) is 17.0 Å². The summed E-state index contributed by atoms with van der Waals surface area (Å²) in [5.41, 5.74) is 3.84. The number of hydrogen-bond donors (Lipinski definition) is 0. The Labute approximate surface area is 219 Å². The molecule has 0 atom stereocenters. The van der Waals surface area contributed by atoms with E-state index in [1.807, 2.05) is 60.0 Å². The zero-order valence-electron chi connectivity index (χ0n) is 20.3. The van der Waals surface area contributed by atoms with E-state index in [1.165, 1.54) is 17.3 Å². The third-order valence-electron chi connectivity index (χ3n) is 5.56. The average Bonchev–Trinajstić information content (AvgIpc) is 3.27. The van der Waals surface area contributed by atoms with Crippen molar-refractivity contribution in [2.24, 2.45) is 0 Å². The van der Waals surface area contributed by atoms with Crippen LogP contribution in [-0.4, -0.2) is 32.9 Å². The quantitative estimate of drug-likeness (QED) is 0.169. The lowest BCUT2D eigenvalue weighted by Crippen LogP contribution is -2.10. The first-order chi connectivity index (χ1) is 16.8. The number of carbonyl (C=O) groups excluding carboxylic acids is 1. The van der Waals surface area contributed by atoms with Crippen LogP contribution in [0.1, 0.15) is 43.6 Å². The lowest BCUT2D eigenvalue weighted by Gasteiger charge is -2.19. The van der Waals surface area contributed by atoms with E-state index in [9.17, 15) is 4.79 Å². The third kappa shape index (κ3) is 5.85. The van der Waals surface area contributed by atoms with E-state index >= 15 is 0 Å². The van der Waals surface area contributed by atoms with Gasteiger partial charge in [0.1, 0.15) is 5.75 Å². The molecule has 35 heavy (non-hydrogen) atoms. The molecule has 180 valence electrons. The van der Waals surface area contributed by atoms with Gasteiger partial charge in [0.2, 0.25) is 0 Å². The molecule has 0 fully saturated rings. The summed E-state index contributed by atoms with van der Waals surface area (Å²) < 4.78 is 8.40. The summed E-state index contributed by atoms with van der Waals surface area (Å²) in [7, 11) is 0. The molecule has 0 aliphatic carbocycles. The van der Waals surface area contributed by atoms with Gasteiger partial charge >= 0.3 is 0 Å². The molecule has 0 unspecified atom stereocenters. The number of rotatable bonds is 8. The summed E-state index contributed by atoms with van der Waals surface area (Å²) in [6, 6.07) is 23.7. The van der Waals surface area contributed by atoms with Crippen molar-refractivity contribution < 1.29 is 9.53 Å². The number of hydrogen-bond acceptors (Lipinski definition) is 5. The molecule has 0 radical (unpaired) electrons. The Balaban J connectivity index is 1.69. The molecule has 0 saturated heterocycles. The Hall–Kier alpha value is -2.90. The smallest absolute Gasteiger partial charge is 0.196 e. The SMILES string of the molecule is CCOc1ccc(-n2c(SCC(=O)c3ccccc3Br)nnc2-c2ccc(C(C)(C)C)cc2)cc1. The normalized spacial score (nSPS) is 11.5. The van der Waals surface area contributed by atoms with E-state index in [0.717, 1.165) is 27.3 Å². The topological polar surface area (TPSA) is 57.0 Å². The third-order valence-corrected chi connectivity index (χ3v) is 7.18. The molecule has 0 saturated carbocycles. The van der Waals surface area contributed by atoms with Gasteiger partial charge in [0.15, 0.2) is 16.8 Å². The number of thioether (sulfide) groups is 1.